The zero-order valence-electron chi connectivity index (χ0n) is 11.2. The maximum atomic E-state index is 5.22. The Kier molecular flexibility index (Phi) is 6.79. The molecule has 0 aliphatic rings. The molecule has 0 aliphatic heterocycles. The minimum absolute atomic E-state index is 0. The third-order valence-corrected chi connectivity index (χ3v) is 2.47. The molecule has 0 amide bonds. The van der Waals surface area contributed by atoms with E-state index in [9.17, 15) is 0 Å². The maximum absolute atomic E-state index is 5.22. The van der Waals surface area contributed by atoms with Gasteiger partial charge in [-0.05, 0) is 19.1 Å². The molecular formula is C13H17IN6. The Balaban J connectivity index is 0.00000200. The van der Waals surface area contributed by atoms with Crippen LogP contribution in [-0.2, 0) is 6.54 Å². The largest absolute Gasteiger partial charge is 0.357 e. The standard InChI is InChI=1S/C13H16N6.HI/c1-3-8-15-13(14-4-2)16-10-12-18-17-11-7-5-6-9-19(11)12;/h1,5-7,9H,4,8,10H2,2H3,(H2,14,15,16);1H. The van der Waals surface area contributed by atoms with Gasteiger partial charge in [-0.3, -0.25) is 4.40 Å². The monoisotopic (exact) mass is 384 g/mol. The summed E-state index contributed by atoms with van der Waals surface area (Å²) in [5.41, 5.74) is 0.814. The smallest absolute Gasteiger partial charge is 0.192 e. The lowest BCUT2D eigenvalue weighted by atomic mass is 10.4. The minimum atomic E-state index is 0. The molecule has 2 N–H and O–H groups in total. The Bertz CT molecular complexity index is 613. The van der Waals surface area contributed by atoms with Crippen LogP contribution in [0.3, 0.4) is 0 Å². The molecule has 0 radical (unpaired) electrons. The van der Waals surface area contributed by atoms with E-state index >= 15 is 0 Å². The predicted octanol–water partition coefficient (Wildman–Crippen LogP) is 1.04. The van der Waals surface area contributed by atoms with Gasteiger partial charge in [0.1, 0.15) is 6.54 Å². The van der Waals surface area contributed by atoms with Crippen LogP contribution < -0.4 is 10.6 Å². The molecule has 2 aromatic heterocycles. The highest BCUT2D eigenvalue weighted by Crippen LogP contribution is 2.03. The van der Waals surface area contributed by atoms with Crippen molar-refractivity contribution < 1.29 is 0 Å². The zero-order valence-corrected chi connectivity index (χ0v) is 13.5. The first kappa shape index (κ1) is 16.2. The fourth-order valence-corrected chi connectivity index (χ4v) is 1.63. The fraction of sp³-hybridized carbons (Fsp3) is 0.308. The summed E-state index contributed by atoms with van der Waals surface area (Å²) >= 11 is 0. The molecule has 2 aromatic rings. The van der Waals surface area contributed by atoms with Crippen LogP contribution in [0.1, 0.15) is 12.7 Å². The van der Waals surface area contributed by atoms with Crippen molar-refractivity contribution in [3.05, 3.63) is 30.2 Å². The molecule has 0 atom stereocenters. The van der Waals surface area contributed by atoms with Gasteiger partial charge in [0.05, 0.1) is 6.54 Å². The Hall–Kier alpha value is -1.82. The zero-order chi connectivity index (χ0) is 13.5. The van der Waals surface area contributed by atoms with Crippen LogP contribution in [0.4, 0.5) is 0 Å². The second-order valence-corrected chi connectivity index (χ2v) is 3.80. The van der Waals surface area contributed by atoms with Gasteiger partial charge >= 0.3 is 0 Å². The molecule has 20 heavy (non-hydrogen) atoms. The number of nitrogens with one attached hydrogen (secondary N) is 2. The molecule has 7 heteroatoms. The first-order valence-electron chi connectivity index (χ1n) is 6.09. The van der Waals surface area contributed by atoms with Crippen molar-refractivity contribution in [1.82, 2.24) is 25.2 Å². The molecule has 2 rings (SSSR count). The Labute approximate surface area is 135 Å². The van der Waals surface area contributed by atoms with Gasteiger partial charge in [-0.1, -0.05) is 12.0 Å². The number of pyridine rings is 1. The molecule has 0 aromatic carbocycles. The summed E-state index contributed by atoms with van der Waals surface area (Å²) in [5.74, 6) is 3.97. The average molecular weight is 384 g/mol. The molecule has 6 nitrogen and oxygen atoms in total. The van der Waals surface area contributed by atoms with Gasteiger partial charge in [-0.2, -0.15) is 0 Å². The van der Waals surface area contributed by atoms with Crippen LogP contribution in [-0.4, -0.2) is 33.6 Å². The van der Waals surface area contributed by atoms with Crippen LogP contribution >= 0.6 is 24.0 Å². The quantitative estimate of drug-likeness (QED) is 0.358. The van der Waals surface area contributed by atoms with Crippen molar-refractivity contribution in [3.8, 4) is 12.3 Å². The van der Waals surface area contributed by atoms with Gasteiger partial charge in [-0.15, -0.1) is 40.6 Å². The molecule has 0 bridgehead atoms. The number of guanidine groups is 1. The number of halogens is 1. The topological polar surface area (TPSA) is 66.6 Å². The van der Waals surface area contributed by atoms with E-state index in [2.05, 4.69) is 31.7 Å². The molecule has 0 aliphatic carbocycles. The van der Waals surface area contributed by atoms with Gasteiger partial charge in [-0.25, -0.2) is 4.99 Å². The lowest BCUT2D eigenvalue weighted by molar-refractivity contribution is 0.830. The third kappa shape index (κ3) is 4.09. The summed E-state index contributed by atoms with van der Waals surface area (Å²) in [6.45, 7) is 3.65. The van der Waals surface area contributed by atoms with E-state index in [4.69, 9.17) is 6.42 Å². The van der Waals surface area contributed by atoms with Gasteiger partial charge in [0.15, 0.2) is 17.4 Å². The highest BCUT2D eigenvalue weighted by atomic mass is 127. The molecule has 0 spiro atoms. The van der Waals surface area contributed by atoms with Gasteiger partial charge in [0.2, 0.25) is 0 Å². The Morgan fingerprint density at radius 1 is 1.40 bits per heavy atom. The lowest BCUT2D eigenvalue weighted by Gasteiger charge is -2.08. The lowest BCUT2D eigenvalue weighted by Crippen LogP contribution is -2.37. The highest BCUT2D eigenvalue weighted by molar-refractivity contribution is 14.0. The van der Waals surface area contributed by atoms with Gasteiger partial charge < -0.3 is 10.6 Å². The predicted molar refractivity (Wildman–Crippen MR) is 90.1 cm³/mol. The minimum Gasteiger partial charge on any atom is -0.357 e. The first-order chi connectivity index (χ1) is 9.35. The van der Waals surface area contributed by atoms with E-state index < -0.39 is 0 Å². The van der Waals surface area contributed by atoms with E-state index in [-0.39, 0.29) is 24.0 Å². The Morgan fingerprint density at radius 3 is 3.00 bits per heavy atom. The van der Waals surface area contributed by atoms with E-state index in [0.717, 1.165) is 18.0 Å². The molecule has 0 saturated carbocycles. The van der Waals surface area contributed by atoms with Crippen LogP contribution in [0.5, 0.6) is 0 Å². The third-order valence-electron chi connectivity index (χ3n) is 2.47. The van der Waals surface area contributed by atoms with Crippen molar-refractivity contribution in [2.45, 2.75) is 13.5 Å². The van der Waals surface area contributed by atoms with Gasteiger partial charge in [0.25, 0.3) is 0 Å². The summed E-state index contributed by atoms with van der Waals surface area (Å²) in [6.07, 6.45) is 7.13. The average Bonchev–Trinajstić information content (AvgIpc) is 2.85. The second-order valence-electron chi connectivity index (χ2n) is 3.80. The normalized spacial score (nSPS) is 10.7. The number of hydrogen-bond donors (Lipinski definition) is 2. The summed E-state index contributed by atoms with van der Waals surface area (Å²) in [5, 5.41) is 14.3. The van der Waals surface area contributed by atoms with E-state index in [1.807, 2.05) is 35.7 Å². The van der Waals surface area contributed by atoms with Crippen molar-refractivity contribution in [1.29, 1.82) is 0 Å². The number of aliphatic imine (C=N–C) groups is 1. The second kappa shape index (κ2) is 8.37. The molecule has 106 valence electrons. The molecule has 2 heterocycles. The van der Waals surface area contributed by atoms with E-state index in [0.29, 0.717) is 19.0 Å². The summed E-state index contributed by atoms with van der Waals surface area (Å²) in [4.78, 5) is 4.42. The van der Waals surface area contributed by atoms with E-state index in [1.54, 1.807) is 0 Å². The summed E-state index contributed by atoms with van der Waals surface area (Å²) < 4.78 is 1.91. The van der Waals surface area contributed by atoms with Crippen molar-refractivity contribution in [2.24, 2.45) is 4.99 Å². The number of nitrogens with zero attached hydrogens (tertiary/aromatic N) is 4. The number of rotatable bonds is 4. The van der Waals surface area contributed by atoms with Crippen LogP contribution in [0.2, 0.25) is 0 Å². The van der Waals surface area contributed by atoms with Gasteiger partial charge in [0, 0.05) is 12.7 Å². The molecular weight excluding hydrogens is 367 g/mol. The van der Waals surface area contributed by atoms with Crippen molar-refractivity contribution >= 4 is 35.6 Å². The number of terminal acetylenes is 1. The van der Waals surface area contributed by atoms with Crippen molar-refractivity contribution in [3.63, 3.8) is 0 Å². The number of fused-ring (bicyclic) bond motifs is 1. The van der Waals surface area contributed by atoms with Crippen LogP contribution in [0.25, 0.3) is 5.65 Å². The highest BCUT2D eigenvalue weighted by Gasteiger charge is 2.03. The summed E-state index contributed by atoms with van der Waals surface area (Å²) in [7, 11) is 0. The number of hydrogen-bond acceptors (Lipinski definition) is 3. The maximum Gasteiger partial charge on any atom is 0.192 e. The summed E-state index contributed by atoms with van der Waals surface area (Å²) in [6, 6.07) is 5.77. The Morgan fingerprint density at radius 2 is 2.25 bits per heavy atom. The van der Waals surface area contributed by atoms with Crippen molar-refractivity contribution in [2.75, 3.05) is 13.1 Å². The van der Waals surface area contributed by atoms with E-state index in [1.165, 1.54) is 0 Å². The first-order valence-corrected chi connectivity index (χ1v) is 6.09. The SMILES string of the molecule is C#CCNC(=NCc1nnc2ccccn12)NCC.I. The number of aromatic nitrogens is 3. The van der Waals surface area contributed by atoms with Crippen LogP contribution in [0, 0.1) is 12.3 Å². The van der Waals surface area contributed by atoms with Crippen LogP contribution in [0.15, 0.2) is 29.4 Å². The molecule has 0 unspecified atom stereocenters. The molecule has 0 fully saturated rings. The fourth-order valence-electron chi connectivity index (χ4n) is 1.63. The molecule has 0 saturated heterocycles.